The van der Waals surface area contributed by atoms with Crippen molar-refractivity contribution in [1.29, 1.82) is 0 Å². The SMILES string of the molecule is CN(C)c1ccc(C=NNC(=O)CSc2nnc(Cc3ccccc3)n2-c2ccccc2)cc1. The second kappa shape index (κ2) is 11.3. The van der Waals surface area contributed by atoms with Crippen molar-refractivity contribution in [1.82, 2.24) is 20.2 Å². The fraction of sp³-hybridized carbons (Fsp3) is 0.154. The number of hydrogen-bond donors (Lipinski definition) is 1. The molecule has 1 heterocycles. The quantitative estimate of drug-likeness (QED) is 0.226. The molecule has 0 atom stereocenters. The molecule has 0 unspecified atom stereocenters. The second-order valence-electron chi connectivity index (χ2n) is 7.80. The van der Waals surface area contributed by atoms with Crippen LogP contribution in [0.25, 0.3) is 5.69 Å². The van der Waals surface area contributed by atoms with Gasteiger partial charge < -0.3 is 4.90 Å². The van der Waals surface area contributed by atoms with Crippen LogP contribution in [0.4, 0.5) is 5.69 Å². The van der Waals surface area contributed by atoms with Gasteiger partial charge in [0.15, 0.2) is 5.16 Å². The molecule has 0 aliphatic carbocycles. The minimum atomic E-state index is -0.210. The van der Waals surface area contributed by atoms with Crippen LogP contribution in [-0.2, 0) is 11.2 Å². The van der Waals surface area contributed by atoms with E-state index in [1.165, 1.54) is 11.8 Å². The minimum absolute atomic E-state index is 0.174. The molecule has 4 aromatic rings. The summed E-state index contributed by atoms with van der Waals surface area (Å²) >= 11 is 1.33. The predicted octanol–water partition coefficient (Wildman–Crippen LogP) is 4.17. The number of amides is 1. The summed E-state index contributed by atoms with van der Waals surface area (Å²) in [4.78, 5) is 14.4. The van der Waals surface area contributed by atoms with Gasteiger partial charge in [0.2, 0.25) is 0 Å². The lowest BCUT2D eigenvalue weighted by molar-refractivity contribution is -0.118. The Kier molecular flexibility index (Phi) is 7.72. The maximum Gasteiger partial charge on any atom is 0.250 e. The van der Waals surface area contributed by atoms with Crippen LogP contribution in [0.15, 0.2) is 95.2 Å². The van der Waals surface area contributed by atoms with Crippen LogP contribution < -0.4 is 10.3 Å². The topological polar surface area (TPSA) is 75.4 Å². The number of rotatable bonds is 9. The number of para-hydroxylation sites is 1. The summed E-state index contributed by atoms with van der Waals surface area (Å²) in [5.41, 5.74) is 6.71. The van der Waals surface area contributed by atoms with E-state index in [4.69, 9.17) is 0 Å². The average molecular weight is 471 g/mol. The van der Waals surface area contributed by atoms with Gasteiger partial charge in [-0.25, -0.2) is 5.43 Å². The van der Waals surface area contributed by atoms with Crippen LogP contribution in [0, 0.1) is 0 Å². The Morgan fingerprint density at radius 2 is 1.65 bits per heavy atom. The average Bonchev–Trinajstić information content (AvgIpc) is 3.26. The molecule has 0 radical (unpaired) electrons. The Balaban J connectivity index is 1.41. The number of anilines is 1. The molecule has 7 nitrogen and oxygen atoms in total. The number of thioether (sulfide) groups is 1. The Bertz CT molecular complexity index is 1240. The van der Waals surface area contributed by atoms with E-state index in [0.29, 0.717) is 11.6 Å². The van der Waals surface area contributed by atoms with Crippen molar-refractivity contribution in [2.75, 3.05) is 24.7 Å². The van der Waals surface area contributed by atoms with Gasteiger partial charge in [0.1, 0.15) is 5.82 Å². The first-order valence-electron chi connectivity index (χ1n) is 10.9. The molecule has 0 bridgehead atoms. The Hall–Kier alpha value is -3.91. The third-order valence-corrected chi connectivity index (χ3v) is 5.99. The fourth-order valence-electron chi connectivity index (χ4n) is 3.32. The van der Waals surface area contributed by atoms with E-state index in [0.717, 1.165) is 28.3 Å². The zero-order chi connectivity index (χ0) is 23.8. The number of carbonyl (C=O) groups excluding carboxylic acids is 1. The van der Waals surface area contributed by atoms with Crippen molar-refractivity contribution in [3.05, 3.63) is 102 Å². The standard InChI is InChI=1S/C26H26N6OS/c1-31(2)22-15-13-21(14-16-22)18-27-29-25(33)19-34-26-30-28-24(17-20-9-5-3-6-10-20)32(26)23-11-7-4-8-12-23/h3-16,18H,17,19H2,1-2H3,(H,29,33). The zero-order valence-corrected chi connectivity index (χ0v) is 19.9. The van der Waals surface area contributed by atoms with Gasteiger partial charge in [0.05, 0.1) is 12.0 Å². The van der Waals surface area contributed by atoms with Crippen molar-refractivity contribution >= 4 is 29.6 Å². The van der Waals surface area contributed by atoms with Crippen molar-refractivity contribution in [2.24, 2.45) is 5.10 Å². The first-order chi connectivity index (χ1) is 16.6. The van der Waals surface area contributed by atoms with Gasteiger partial charge in [0, 0.05) is 31.9 Å². The lowest BCUT2D eigenvalue weighted by atomic mass is 10.1. The maximum atomic E-state index is 12.4. The van der Waals surface area contributed by atoms with E-state index in [1.807, 2.05) is 96.4 Å². The van der Waals surface area contributed by atoms with Crippen molar-refractivity contribution in [2.45, 2.75) is 11.6 Å². The Morgan fingerprint density at radius 3 is 2.32 bits per heavy atom. The molecule has 4 rings (SSSR count). The molecular weight excluding hydrogens is 444 g/mol. The molecule has 0 aliphatic heterocycles. The highest BCUT2D eigenvalue weighted by Crippen LogP contribution is 2.23. The number of benzene rings is 3. The lowest BCUT2D eigenvalue weighted by Gasteiger charge is -2.11. The number of aromatic nitrogens is 3. The number of nitrogens with one attached hydrogen (secondary N) is 1. The van der Waals surface area contributed by atoms with Crippen LogP contribution in [0.1, 0.15) is 17.0 Å². The summed E-state index contributed by atoms with van der Waals surface area (Å²) in [5, 5.41) is 13.5. The number of hydrogen-bond acceptors (Lipinski definition) is 6. The van der Waals surface area contributed by atoms with E-state index in [2.05, 4.69) is 32.9 Å². The van der Waals surface area contributed by atoms with Gasteiger partial charge in [0.25, 0.3) is 5.91 Å². The summed E-state index contributed by atoms with van der Waals surface area (Å²) in [6.45, 7) is 0. The molecule has 1 amide bonds. The summed E-state index contributed by atoms with van der Waals surface area (Å²) < 4.78 is 2.00. The molecule has 0 fully saturated rings. The largest absolute Gasteiger partial charge is 0.378 e. The number of nitrogens with zero attached hydrogens (tertiary/aromatic N) is 5. The predicted molar refractivity (Wildman–Crippen MR) is 138 cm³/mol. The molecular formula is C26H26N6OS. The fourth-order valence-corrected chi connectivity index (χ4v) is 4.09. The monoisotopic (exact) mass is 470 g/mol. The van der Waals surface area contributed by atoms with Gasteiger partial charge >= 0.3 is 0 Å². The smallest absolute Gasteiger partial charge is 0.250 e. The van der Waals surface area contributed by atoms with E-state index in [9.17, 15) is 4.79 Å². The van der Waals surface area contributed by atoms with E-state index in [1.54, 1.807) is 6.21 Å². The van der Waals surface area contributed by atoms with Gasteiger partial charge in [-0.3, -0.25) is 9.36 Å². The Labute approximate surface area is 203 Å². The van der Waals surface area contributed by atoms with Crippen molar-refractivity contribution in [3.8, 4) is 5.69 Å². The highest BCUT2D eigenvalue weighted by Gasteiger charge is 2.16. The molecule has 0 spiro atoms. The third-order valence-electron chi connectivity index (χ3n) is 5.06. The number of hydrazone groups is 1. The van der Waals surface area contributed by atoms with Crippen LogP contribution >= 0.6 is 11.8 Å². The molecule has 34 heavy (non-hydrogen) atoms. The maximum absolute atomic E-state index is 12.4. The van der Waals surface area contributed by atoms with E-state index >= 15 is 0 Å². The summed E-state index contributed by atoms with van der Waals surface area (Å²) in [5.74, 6) is 0.783. The molecule has 0 aliphatic rings. The second-order valence-corrected chi connectivity index (χ2v) is 8.74. The zero-order valence-electron chi connectivity index (χ0n) is 19.1. The molecule has 3 aromatic carbocycles. The molecule has 0 saturated carbocycles. The molecule has 0 saturated heterocycles. The van der Waals surface area contributed by atoms with Gasteiger partial charge in [-0.05, 0) is 35.4 Å². The Morgan fingerprint density at radius 1 is 0.971 bits per heavy atom. The van der Waals surface area contributed by atoms with Crippen molar-refractivity contribution in [3.63, 3.8) is 0 Å². The van der Waals surface area contributed by atoms with Crippen molar-refractivity contribution < 1.29 is 4.79 Å². The minimum Gasteiger partial charge on any atom is -0.378 e. The van der Waals surface area contributed by atoms with Gasteiger partial charge in [-0.1, -0.05) is 72.4 Å². The first-order valence-corrected chi connectivity index (χ1v) is 11.8. The normalized spacial score (nSPS) is 11.0. The summed E-state index contributed by atoms with van der Waals surface area (Å²) in [6, 6.07) is 28.0. The van der Waals surface area contributed by atoms with E-state index in [-0.39, 0.29) is 11.7 Å². The molecule has 1 aromatic heterocycles. The molecule has 1 N–H and O–H groups in total. The van der Waals surface area contributed by atoms with Crippen LogP contribution in [-0.4, -0.2) is 46.7 Å². The van der Waals surface area contributed by atoms with Gasteiger partial charge in [-0.15, -0.1) is 10.2 Å². The van der Waals surface area contributed by atoms with Gasteiger partial charge in [-0.2, -0.15) is 5.10 Å². The first kappa shape index (κ1) is 23.3. The van der Waals surface area contributed by atoms with E-state index < -0.39 is 0 Å². The molecule has 172 valence electrons. The lowest BCUT2D eigenvalue weighted by Crippen LogP contribution is -2.20. The summed E-state index contributed by atoms with van der Waals surface area (Å²) in [7, 11) is 3.98. The highest BCUT2D eigenvalue weighted by atomic mass is 32.2. The van der Waals surface area contributed by atoms with Crippen LogP contribution in [0.2, 0.25) is 0 Å². The molecule has 8 heteroatoms. The van der Waals surface area contributed by atoms with Crippen LogP contribution in [0.3, 0.4) is 0 Å². The number of carbonyl (C=O) groups is 1. The van der Waals surface area contributed by atoms with Crippen LogP contribution in [0.5, 0.6) is 0 Å². The third kappa shape index (κ3) is 6.11. The highest BCUT2D eigenvalue weighted by molar-refractivity contribution is 7.99. The summed E-state index contributed by atoms with van der Waals surface area (Å²) in [6.07, 6.45) is 2.28.